The predicted octanol–water partition coefficient (Wildman–Crippen LogP) is 2.35. The first-order chi connectivity index (χ1) is 13.7. The van der Waals surface area contributed by atoms with Crippen LogP contribution in [0.25, 0.3) is 11.4 Å². The van der Waals surface area contributed by atoms with E-state index in [0.717, 1.165) is 5.56 Å². The molecule has 0 radical (unpaired) electrons. The van der Waals surface area contributed by atoms with Crippen LogP contribution in [-0.4, -0.2) is 69.3 Å². The number of ether oxygens (including phenoxy) is 4. The highest BCUT2D eigenvalue weighted by Gasteiger charge is 2.18. The van der Waals surface area contributed by atoms with Crippen molar-refractivity contribution in [1.29, 1.82) is 0 Å². The summed E-state index contributed by atoms with van der Waals surface area (Å²) in [6.07, 6.45) is 0. The first kappa shape index (κ1) is 22.0. The maximum atomic E-state index is 5.57. The number of hydrogen-bond acceptors (Lipinski definition) is 9. The fourth-order valence-electron chi connectivity index (χ4n) is 2.37. The topological polar surface area (TPSA) is 82.1 Å². The van der Waals surface area contributed by atoms with Crippen LogP contribution in [0, 0.1) is 0 Å². The maximum Gasteiger partial charge on any atom is 0.234 e. The van der Waals surface area contributed by atoms with Gasteiger partial charge in [0.1, 0.15) is 26.9 Å². The molecule has 1 heterocycles. The summed E-state index contributed by atoms with van der Waals surface area (Å²) in [7, 11) is 3.22. The van der Waals surface area contributed by atoms with E-state index >= 15 is 0 Å². The van der Waals surface area contributed by atoms with Crippen molar-refractivity contribution in [2.45, 2.75) is 13.8 Å². The maximum absolute atomic E-state index is 5.57. The molecular weight excluding hydrogens is 362 g/mol. The van der Waals surface area contributed by atoms with Gasteiger partial charge in [0.25, 0.3) is 0 Å². The molecule has 2 aromatic rings. The number of methoxy groups -OCH3 is 2. The lowest BCUT2D eigenvalue weighted by Gasteiger charge is -2.25. The molecule has 154 valence electrons. The molecule has 0 bridgehead atoms. The van der Waals surface area contributed by atoms with Gasteiger partial charge in [0.15, 0.2) is 5.82 Å². The third-order valence-corrected chi connectivity index (χ3v) is 3.68. The summed E-state index contributed by atoms with van der Waals surface area (Å²) in [5.41, 5.74) is 0.884. The number of rotatable bonds is 13. The number of aromatic nitrogens is 3. The summed E-state index contributed by atoms with van der Waals surface area (Å²) in [6.45, 7) is 6.20. The molecular formula is C19H29N5O4. The van der Waals surface area contributed by atoms with Gasteiger partial charge < -0.3 is 18.9 Å². The second-order valence-electron chi connectivity index (χ2n) is 5.78. The van der Waals surface area contributed by atoms with E-state index in [1.165, 1.54) is 0 Å². The van der Waals surface area contributed by atoms with Crippen LogP contribution in [0.3, 0.4) is 0 Å². The fourth-order valence-corrected chi connectivity index (χ4v) is 2.37. The summed E-state index contributed by atoms with van der Waals surface area (Å²) in [5, 5.41) is 0. The number of benzene rings is 1. The van der Waals surface area contributed by atoms with E-state index in [-0.39, 0.29) is 13.5 Å². The van der Waals surface area contributed by atoms with Gasteiger partial charge in [0.2, 0.25) is 11.9 Å². The highest BCUT2D eigenvalue weighted by Crippen LogP contribution is 2.21. The van der Waals surface area contributed by atoms with Gasteiger partial charge in [-0.25, -0.2) is 0 Å². The Morgan fingerprint density at radius 1 is 0.714 bits per heavy atom. The minimum atomic E-state index is 0.280. The lowest BCUT2D eigenvalue weighted by atomic mass is 10.2. The van der Waals surface area contributed by atoms with Crippen LogP contribution in [0.1, 0.15) is 13.8 Å². The minimum absolute atomic E-state index is 0.280. The smallest absolute Gasteiger partial charge is 0.234 e. The second-order valence-corrected chi connectivity index (χ2v) is 5.78. The van der Waals surface area contributed by atoms with Crippen LogP contribution in [0.4, 0.5) is 11.9 Å². The van der Waals surface area contributed by atoms with Crippen LogP contribution in [-0.2, 0) is 18.9 Å². The zero-order valence-electron chi connectivity index (χ0n) is 17.0. The molecule has 28 heavy (non-hydrogen) atoms. The lowest BCUT2D eigenvalue weighted by Crippen LogP contribution is -2.33. The lowest BCUT2D eigenvalue weighted by molar-refractivity contribution is 0.0945. The molecule has 0 saturated carbocycles. The van der Waals surface area contributed by atoms with Gasteiger partial charge in [-0.3, -0.25) is 9.80 Å². The molecule has 0 fully saturated rings. The molecule has 0 N–H and O–H groups in total. The highest BCUT2D eigenvalue weighted by molar-refractivity contribution is 5.58. The van der Waals surface area contributed by atoms with E-state index in [2.05, 4.69) is 15.0 Å². The van der Waals surface area contributed by atoms with E-state index < -0.39 is 0 Å². The van der Waals surface area contributed by atoms with Crippen LogP contribution in [0.2, 0.25) is 0 Å². The Labute approximate surface area is 166 Å². The molecule has 0 atom stereocenters. The first-order valence-electron chi connectivity index (χ1n) is 9.18. The number of nitrogens with zero attached hydrogens (tertiary/aromatic N) is 5. The van der Waals surface area contributed by atoms with Crippen molar-refractivity contribution < 1.29 is 18.9 Å². The Balaban J connectivity index is 2.47. The normalized spacial score (nSPS) is 10.9. The van der Waals surface area contributed by atoms with Crippen molar-refractivity contribution >= 4 is 11.9 Å². The van der Waals surface area contributed by atoms with Crippen molar-refractivity contribution in [3.8, 4) is 11.4 Å². The molecule has 0 unspecified atom stereocenters. The van der Waals surface area contributed by atoms with Crippen molar-refractivity contribution in [2.24, 2.45) is 0 Å². The standard InChI is InChI=1S/C19H29N5O4/c1-5-27-14-24(15-28-6-2)19-21-17(16-10-8-7-9-11-16)20-18(22-19)23(12-25-3)13-26-4/h7-11H,5-6,12-15H2,1-4H3. The quantitative estimate of drug-likeness (QED) is 0.478. The van der Waals surface area contributed by atoms with Crippen molar-refractivity contribution in [3.05, 3.63) is 30.3 Å². The molecule has 0 spiro atoms. The van der Waals surface area contributed by atoms with Gasteiger partial charge >= 0.3 is 0 Å². The van der Waals surface area contributed by atoms with Crippen LogP contribution in [0.5, 0.6) is 0 Å². The monoisotopic (exact) mass is 391 g/mol. The van der Waals surface area contributed by atoms with Gasteiger partial charge in [-0.1, -0.05) is 30.3 Å². The summed E-state index contributed by atoms with van der Waals surface area (Å²) >= 11 is 0. The van der Waals surface area contributed by atoms with Crippen molar-refractivity contribution in [2.75, 3.05) is 64.2 Å². The Hall–Kier alpha value is -2.33. The molecule has 1 aromatic heterocycles. The first-order valence-corrected chi connectivity index (χ1v) is 9.18. The molecule has 1 aromatic carbocycles. The van der Waals surface area contributed by atoms with Gasteiger partial charge in [-0.15, -0.1) is 0 Å². The second kappa shape index (κ2) is 12.2. The molecule has 2 rings (SSSR count). The van der Waals surface area contributed by atoms with Gasteiger partial charge in [0.05, 0.1) is 0 Å². The molecule has 0 aliphatic rings. The highest BCUT2D eigenvalue weighted by atomic mass is 16.5. The largest absolute Gasteiger partial charge is 0.364 e. The third kappa shape index (κ3) is 6.38. The van der Waals surface area contributed by atoms with E-state index in [0.29, 0.717) is 44.4 Å². The van der Waals surface area contributed by atoms with Crippen LogP contribution >= 0.6 is 0 Å². The molecule has 0 aliphatic heterocycles. The number of hydrogen-bond donors (Lipinski definition) is 0. The molecule has 0 amide bonds. The molecule has 0 aliphatic carbocycles. The average molecular weight is 391 g/mol. The SMILES string of the molecule is CCOCN(COCC)c1nc(-c2ccccc2)nc(N(COC)COC)n1. The zero-order valence-corrected chi connectivity index (χ0v) is 17.0. The third-order valence-electron chi connectivity index (χ3n) is 3.68. The summed E-state index contributed by atoms with van der Waals surface area (Å²) < 4.78 is 21.7. The Kier molecular flexibility index (Phi) is 9.56. The van der Waals surface area contributed by atoms with E-state index in [9.17, 15) is 0 Å². The van der Waals surface area contributed by atoms with E-state index in [1.807, 2.05) is 49.1 Å². The fraction of sp³-hybridized carbons (Fsp3) is 0.526. The molecule has 9 nitrogen and oxygen atoms in total. The zero-order chi connectivity index (χ0) is 20.2. The summed E-state index contributed by atoms with van der Waals surface area (Å²) in [6, 6.07) is 9.74. The number of anilines is 2. The predicted molar refractivity (Wildman–Crippen MR) is 107 cm³/mol. The summed E-state index contributed by atoms with van der Waals surface area (Å²) in [5.74, 6) is 1.46. The minimum Gasteiger partial charge on any atom is -0.364 e. The van der Waals surface area contributed by atoms with Crippen molar-refractivity contribution in [3.63, 3.8) is 0 Å². The van der Waals surface area contributed by atoms with E-state index in [4.69, 9.17) is 18.9 Å². The Morgan fingerprint density at radius 3 is 1.68 bits per heavy atom. The average Bonchev–Trinajstić information content (AvgIpc) is 2.74. The van der Waals surface area contributed by atoms with E-state index in [1.54, 1.807) is 19.1 Å². The van der Waals surface area contributed by atoms with Crippen LogP contribution in [0.15, 0.2) is 30.3 Å². The molecule has 9 heteroatoms. The Bertz CT molecular complexity index is 675. The van der Waals surface area contributed by atoms with Crippen LogP contribution < -0.4 is 9.80 Å². The van der Waals surface area contributed by atoms with Gasteiger partial charge in [0, 0.05) is 33.0 Å². The Morgan fingerprint density at radius 2 is 1.21 bits per heavy atom. The molecule has 0 saturated heterocycles. The van der Waals surface area contributed by atoms with Gasteiger partial charge in [-0.05, 0) is 13.8 Å². The van der Waals surface area contributed by atoms with Gasteiger partial charge in [-0.2, -0.15) is 15.0 Å². The van der Waals surface area contributed by atoms with Crippen molar-refractivity contribution in [1.82, 2.24) is 15.0 Å². The summed E-state index contributed by atoms with van der Waals surface area (Å²) in [4.78, 5) is 17.5.